The van der Waals surface area contributed by atoms with E-state index in [9.17, 15) is 9.90 Å². The highest BCUT2D eigenvalue weighted by atomic mass is 16.5. The molecule has 0 fully saturated rings. The quantitative estimate of drug-likeness (QED) is 0.686. The number of hydrogen-bond acceptors (Lipinski definition) is 4. The molecule has 0 saturated heterocycles. The number of carbonyl (C=O) groups excluding carboxylic acids is 1. The summed E-state index contributed by atoms with van der Waals surface area (Å²) in [5, 5.41) is 9.47. The first-order chi connectivity index (χ1) is 6.15. The molecule has 0 atom stereocenters. The first-order valence-electron chi connectivity index (χ1n) is 3.85. The summed E-state index contributed by atoms with van der Waals surface area (Å²) in [7, 11) is 1.30. The monoisotopic (exact) mass is 181 g/mol. The fourth-order valence-electron chi connectivity index (χ4n) is 0.945. The van der Waals surface area contributed by atoms with E-state index in [1.165, 1.54) is 7.11 Å². The normalized spacial score (nSPS) is 9.69. The SMILES string of the molecule is COC(=O)Cc1nccc(C)c1O. The fraction of sp³-hybridized carbons (Fsp3) is 0.333. The third-order valence-electron chi connectivity index (χ3n) is 1.74. The van der Waals surface area contributed by atoms with Crippen LogP contribution in [-0.2, 0) is 16.0 Å². The lowest BCUT2D eigenvalue weighted by Gasteiger charge is -2.03. The van der Waals surface area contributed by atoms with E-state index in [2.05, 4.69) is 9.72 Å². The maximum absolute atomic E-state index is 10.9. The summed E-state index contributed by atoms with van der Waals surface area (Å²) in [4.78, 5) is 14.7. The Morgan fingerprint density at radius 1 is 1.69 bits per heavy atom. The molecule has 0 unspecified atom stereocenters. The van der Waals surface area contributed by atoms with Crippen molar-refractivity contribution >= 4 is 5.97 Å². The van der Waals surface area contributed by atoms with E-state index in [1.807, 2.05) is 0 Å². The minimum atomic E-state index is -0.409. The van der Waals surface area contributed by atoms with E-state index in [-0.39, 0.29) is 12.2 Å². The molecular weight excluding hydrogens is 170 g/mol. The molecule has 0 aliphatic heterocycles. The molecule has 0 aromatic carbocycles. The van der Waals surface area contributed by atoms with Crippen molar-refractivity contribution < 1.29 is 14.6 Å². The molecule has 0 spiro atoms. The van der Waals surface area contributed by atoms with Crippen LogP contribution < -0.4 is 0 Å². The van der Waals surface area contributed by atoms with Crippen LogP contribution in [0.15, 0.2) is 12.3 Å². The van der Waals surface area contributed by atoms with Gasteiger partial charge in [-0.05, 0) is 18.6 Å². The highest BCUT2D eigenvalue weighted by Crippen LogP contribution is 2.19. The van der Waals surface area contributed by atoms with Crippen molar-refractivity contribution in [2.75, 3.05) is 7.11 Å². The van der Waals surface area contributed by atoms with Crippen LogP contribution >= 0.6 is 0 Å². The van der Waals surface area contributed by atoms with Crippen molar-refractivity contribution in [1.29, 1.82) is 0 Å². The molecule has 0 amide bonds. The summed E-state index contributed by atoms with van der Waals surface area (Å²) < 4.78 is 4.46. The van der Waals surface area contributed by atoms with Gasteiger partial charge < -0.3 is 9.84 Å². The standard InChI is InChI=1S/C9H11NO3/c1-6-3-4-10-7(9(6)12)5-8(11)13-2/h3-4,12H,5H2,1-2H3. The topological polar surface area (TPSA) is 59.4 Å². The van der Waals surface area contributed by atoms with E-state index in [0.29, 0.717) is 11.3 Å². The number of esters is 1. The number of aryl methyl sites for hydroxylation is 1. The smallest absolute Gasteiger partial charge is 0.311 e. The van der Waals surface area contributed by atoms with Crippen LogP contribution in [0, 0.1) is 6.92 Å². The molecule has 1 rings (SSSR count). The maximum Gasteiger partial charge on any atom is 0.311 e. The van der Waals surface area contributed by atoms with Gasteiger partial charge >= 0.3 is 5.97 Å². The molecule has 0 radical (unpaired) electrons. The van der Waals surface area contributed by atoms with E-state index in [4.69, 9.17) is 0 Å². The number of methoxy groups -OCH3 is 1. The van der Waals surface area contributed by atoms with Gasteiger partial charge in [0, 0.05) is 6.20 Å². The predicted molar refractivity (Wildman–Crippen MR) is 46.4 cm³/mol. The minimum absolute atomic E-state index is 0.00398. The van der Waals surface area contributed by atoms with Crippen molar-refractivity contribution in [3.05, 3.63) is 23.5 Å². The summed E-state index contributed by atoms with van der Waals surface area (Å²) in [5.41, 5.74) is 1.06. The summed E-state index contributed by atoms with van der Waals surface area (Å²) in [6.45, 7) is 1.75. The Bertz CT molecular complexity index is 323. The summed E-state index contributed by atoms with van der Waals surface area (Å²) in [5.74, 6) is -0.346. The molecule has 1 aromatic rings. The van der Waals surface area contributed by atoms with Crippen molar-refractivity contribution in [3.8, 4) is 5.75 Å². The van der Waals surface area contributed by atoms with Gasteiger partial charge in [0.15, 0.2) is 0 Å². The molecular formula is C9H11NO3. The largest absolute Gasteiger partial charge is 0.506 e. The Kier molecular flexibility index (Phi) is 2.84. The average molecular weight is 181 g/mol. The second-order valence-corrected chi connectivity index (χ2v) is 2.68. The number of ether oxygens (including phenoxy) is 1. The van der Waals surface area contributed by atoms with Crippen LogP contribution in [0.5, 0.6) is 5.75 Å². The zero-order chi connectivity index (χ0) is 9.84. The molecule has 0 aliphatic rings. The summed E-state index contributed by atoms with van der Waals surface area (Å²) in [6, 6.07) is 1.68. The molecule has 4 heteroatoms. The molecule has 4 nitrogen and oxygen atoms in total. The number of nitrogens with zero attached hydrogens (tertiary/aromatic N) is 1. The summed E-state index contributed by atoms with van der Waals surface area (Å²) >= 11 is 0. The number of carbonyl (C=O) groups is 1. The predicted octanol–water partition coefficient (Wildman–Crippen LogP) is 0.811. The van der Waals surface area contributed by atoms with Gasteiger partial charge in [0.2, 0.25) is 0 Å². The average Bonchev–Trinajstić information content (AvgIpc) is 2.13. The molecule has 1 heterocycles. The molecule has 70 valence electrons. The second-order valence-electron chi connectivity index (χ2n) is 2.68. The molecule has 1 aromatic heterocycles. The highest BCUT2D eigenvalue weighted by Gasteiger charge is 2.09. The number of hydrogen-bond donors (Lipinski definition) is 1. The summed E-state index contributed by atoms with van der Waals surface area (Å²) in [6.07, 6.45) is 1.55. The first-order valence-corrected chi connectivity index (χ1v) is 3.85. The van der Waals surface area contributed by atoms with Gasteiger partial charge in [0.25, 0.3) is 0 Å². The zero-order valence-electron chi connectivity index (χ0n) is 7.57. The van der Waals surface area contributed by atoms with Gasteiger partial charge in [-0.15, -0.1) is 0 Å². The molecule has 13 heavy (non-hydrogen) atoms. The third-order valence-corrected chi connectivity index (χ3v) is 1.74. The van der Waals surface area contributed by atoms with E-state index >= 15 is 0 Å². The minimum Gasteiger partial charge on any atom is -0.506 e. The van der Waals surface area contributed by atoms with Crippen LogP contribution in [0.1, 0.15) is 11.3 Å². The van der Waals surface area contributed by atoms with Gasteiger partial charge in [-0.2, -0.15) is 0 Å². The number of pyridine rings is 1. The fourth-order valence-corrected chi connectivity index (χ4v) is 0.945. The van der Waals surface area contributed by atoms with Crippen molar-refractivity contribution in [2.45, 2.75) is 13.3 Å². The lowest BCUT2D eigenvalue weighted by atomic mass is 10.2. The Balaban J connectivity index is 2.89. The van der Waals surface area contributed by atoms with Crippen molar-refractivity contribution in [2.24, 2.45) is 0 Å². The second kappa shape index (κ2) is 3.89. The zero-order valence-corrected chi connectivity index (χ0v) is 7.57. The number of aromatic hydroxyl groups is 1. The van der Waals surface area contributed by atoms with Crippen LogP contribution in [0.25, 0.3) is 0 Å². The lowest BCUT2D eigenvalue weighted by molar-refractivity contribution is -0.139. The molecule has 0 aliphatic carbocycles. The third kappa shape index (κ3) is 2.18. The Hall–Kier alpha value is -1.58. The van der Waals surface area contributed by atoms with Crippen molar-refractivity contribution in [1.82, 2.24) is 4.98 Å². The van der Waals surface area contributed by atoms with E-state index < -0.39 is 5.97 Å². The number of aromatic nitrogens is 1. The first kappa shape index (κ1) is 9.51. The van der Waals surface area contributed by atoms with Crippen LogP contribution in [0.3, 0.4) is 0 Å². The van der Waals surface area contributed by atoms with Gasteiger partial charge in [-0.1, -0.05) is 0 Å². The van der Waals surface area contributed by atoms with E-state index in [0.717, 1.165) is 0 Å². The van der Waals surface area contributed by atoms with Gasteiger partial charge in [0.05, 0.1) is 19.2 Å². The van der Waals surface area contributed by atoms with E-state index in [1.54, 1.807) is 19.2 Å². The maximum atomic E-state index is 10.9. The Morgan fingerprint density at radius 2 is 2.38 bits per heavy atom. The lowest BCUT2D eigenvalue weighted by Crippen LogP contribution is -2.06. The van der Waals surface area contributed by atoms with Crippen molar-refractivity contribution in [3.63, 3.8) is 0 Å². The van der Waals surface area contributed by atoms with Crippen LogP contribution in [0.2, 0.25) is 0 Å². The Labute approximate surface area is 76.2 Å². The van der Waals surface area contributed by atoms with Gasteiger partial charge in [-0.25, -0.2) is 0 Å². The van der Waals surface area contributed by atoms with Crippen LogP contribution in [0.4, 0.5) is 0 Å². The van der Waals surface area contributed by atoms with Crippen LogP contribution in [-0.4, -0.2) is 23.2 Å². The Morgan fingerprint density at radius 3 is 3.00 bits per heavy atom. The highest BCUT2D eigenvalue weighted by molar-refractivity contribution is 5.72. The molecule has 0 bridgehead atoms. The van der Waals surface area contributed by atoms with Gasteiger partial charge in [0.1, 0.15) is 5.75 Å². The molecule has 0 saturated carbocycles. The van der Waals surface area contributed by atoms with Gasteiger partial charge in [-0.3, -0.25) is 9.78 Å². The number of rotatable bonds is 2. The molecule has 1 N–H and O–H groups in total.